The van der Waals surface area contributed by atoms with E-state index in [0.29, 0.717) is 4.90 Å². The molecule has 1 aromatic rings. The lowest BCUT2D eigenvalue weighted by Crippen LogP contribution is -2.28. The van der Waals surface area contributed by atoms with Gasteiger partial charge in [0, 0.05) is 12.3 Å². The van der Waals surface area contributed by atoms with Crippen LogP contribution in [0.5, 0.6) is 0 Å². The van der Waals surface area contributed by atoms with Crippen LogP contribution in [0.2, 0.25) is 0 Å². The molecule has 0 amide bonds. The number of hydrogen-bond donors (Lipinski definition) is 2. The third-order valence-corrected chi connectivity index (χ3v) is 4.56. The average Bonchev–Trinajstić information content (AvgIpc) is 3.13. The molecule has 1 aliphatic rings. The molecule has 2 rings (SSSR count). The fraction of sp³-hybridized carbons (Fsp3) is 0.538. The topological polar surface area (TPSA) is 72.2 Å². The van der Waals surface area contributed by atoms with Crippen LogP contribution >= 0.6 is 0 Å². The monoisotopic (exact) mass is 268 g/mol. The van der Waals surface area contributed by atoms with Crippen LogP contribution in [0.15, 0.2) is 29.2 Å². The Morgan fingerprint density at radius 3 is 2.72 bits per heavy atom. The van der Waals surface area contributed by atoms with E-state index >= 15 is 0 Å². The number of nitrogens with two attached hydrogens (primary N) is 1. The Morgan fingerprint density at radius 2 is 2.17 bits per heavy atom. The van der Waals surface area contributed by atoms with Crippen molar-refractivity contribution in [3.05, 3.63) is 29.8 Å². The quantitative estimate of drug-likeness (QED) is 0.609. The third-order valence-electron chi connectivity index (χ3n) is 3.45. The Morgan fingerprint density at radius 1 is 1.44 bits per heavy atom. The average molecular weight is 268 g/mol. The van der Waals surface area contributed by atoms with Gasteiger partial charge in [-0.3, -0.25) is 11.3 Å². The maximum absolute atomic E-state index is 11.5. The highest BCUT2D eigenvalue weighted by Gasteiger charge is 2.23. The first-order valence-corrected chi connectivity index (χ1v) is 8.16. The maximum atomic E-state index is 11.5. The molecule has 100 valence electrons. The van der Waals surface area contributed by atoms with Gasteiger partial charge < -0.3 is 0 Å². The molecule has 4 nitrogen and oxygen atoms in total. The van der Waals surface area contributed by atoms with Crippen molar-refractivity contribution in [3.8, 4) is 0 Å². The summed E-state index contributed by atoms with van der Waals surface area (Å²) in [5, 5.41) is 0. The van der Waals surface area contributed by atoms with Crippen LogP contribution < -0.4 is 11.3 Å². The van der Waals surface area contributed by atoms with Crippen molar-refractivity contribution in [2.24, 2.45) is 11.8 Å². The highest BCUT2D eigenvalue weighted by molar-refractivity contribution is 7.90. The van der Waals surface area contributed by atoms with E-state index in [9.17, 15) is 8.42 Å². The zero-order valence-electron chi connectivity index (χ0n) is 10.6. The number of hydrazine groups is 1. The predicted molar refractivity (Wildman–Crippen MR) is 71.6 cm³/mol. The summed E-state index contributed by atoms with van der Waals surface area (Å²) >= 11 is 0. The van der Waals surface area contributed by atoms with Gasteiger partial charge in [-0.25, -0.2) is 8.42 Å². The molecule has 0 saturated heterocycles. The van der Waals surface area contributed by atoms with Crippen molar-refractivity contribution in [2.45, 2.75) is 36.6 Å². The highest BCUT2D eigenvalue weighted by Crippen LogP contribution is 2.35. The molecule has 0 radical (unpaired) electrons. The molecule has 5 heteroatoms. The fourth-order valence-electron chi connectivity index (χ4n) is 2.12. The molecule has 1 fully saturated rings. The largest absolute Gasteiger partial charge is 0.271 e. The van der Waals surface area contributed by atoms with Crippen LogP contribution in [0, 0.1) is 5.92 Å². The van der Waals surface area contributed by atoms with Crippen molar-refractivity contribution in [1.29, 1.82) is 0 Å². The van der Waals surface area contributed by atoms with E-state index in [2.05, 4.69) is 5.43 Å². The molecule has 0 aromatic heterocycles. The third kappa shape index (κ3) is 3.54. The van der Waals surface area contributed by atoms with Crippen LogP contribution in [0.4, 0.5) is 0 Å². The Labute approximate surface area is 108 Å². The van der Waals surface area contributed by atoms with Crippen molar-refractivity contribution in [2.75, 3.05) is 6.26 Å². The van der Waals surface area contributed by atoms with Crippen molar-refractivity contribution in [1.82, 2.24) is 5.43 Å². The van der Waals surface area contributed by atoms with Gasteiger partial charge in [0.25, 0.3) is 0 Å². The van der Waals surface area contributed by atoms with E-state index in [1.165, 1.54) is 19.1 Å². The van der Waals surface area contributed by atoms with Gasteiger partial charge in [0.1, 0.15) is 0 Å². The molecule has 0 aliphatic heterocycles. The Bertz CT molecular complexity index is 509. The minimum atomic E-state index is -3.15. The van der Waals surface area contributed by atoms with Crippen LogP contribution in [0.25, 0.3) is 0 Å². The molecule has 1 aromatic carbocycles. The first-order valence-electron chi connectivity index (χ1n) is 6.27. The number of rotatable bonds is 6. The van der Waals surface area contributed by atoms with Gasteiger partial charge in [-0.15, -0.1) is 0 Å². The first-order chi connectivity index (χ1) is 8.50. The van der Waals surface area contributed by atoms with Gasteiger partial charge in [-0.2, -0.15) is 0 Å². The molecular formula is C13H20N2O2S. The molecule has 0 bridgehead atoms. The Hall–Kier alpha value is -0.910. The molecule has 1 saturated carbocycles. The maximum Gasteiger partial charge on any atom is 0.175 e. The number of nitrogens with one attached hydrogen (secondary N) is 1. The fourth-order valence-corrected chi connectivity index (χ4v) is 2.79. The number of sulfone groups is 1. The van der Waals surface area contributed by atoms with E-state index in [-0.39, 0.29) is 6.04 Å². The van der Waals surface area contributed by atoms with E-state index in [1.807, 2.05) is 6.07 Å². The second kappa shape index (κ2) is 5.38. The molecule has 1 atom stereocenters. The van der Waals surface area contributed by atoms with Crippen LogP contribution in [-0.2, 0) is 9.84 Å². The summed E-state index contributed by atoms with van der Waals surface area (Å²) in [6.45, 7) is 0. The summed E-state index contributed by atoms with van der Waals surface area (Å²) in [5.41, 5.74) is 3.73. The van der Waals surface area contributed by atoms with Gasteiger partial charge in [-0.05, 0) is 36.5 Å². The smallest absolute Gasteiger partial charge is 0.175 e. The minimum Gasteiger partial charge on any atom is -0.271 e. The first kappa shape index (κ1) is 13.5. The Kier molecular flexibility index (Phi) is 4.04. The SMILES string of the molecule is CS(=O)(=O)c1cccc(C(CCC2CC2)NN)c1. The molecule has 1 aliphatic carbocycles. The highest BCUT2D eigenvalue weighted by atomic mass is 32.2. The van der Waals surface area contributed by atoms with Crippen LogP contribution in [0.1, 0.15) is 37.3 Å². The lowest BCUT2D eigenvalue weighted by atomic mass is 10.0. The van der Waals surface area contributed by atoms with Crippen LogP contribution in [-0.4, -0.2) is 14.7 Å². The van der Waals surface area contributed by atoms with Gasteiger partial charge in [0.2, 0.25) is 0 Å². The molecule has 0 spiro atoms. The summed E-state index contributed by atoms with van der Waals surface area (Å²) in [7, 11) is -3.15. The lowest BCUT2D eigenvalue weighted by Gasteiger charge is -2.16. The lowest BCUT2D eigenvalue weighted by molar-refractivity contribution is 0.481. The second-order valence-corrected chi connectivity index (χ2v) is 7.10. The number of benzene rings is 1. The molecular weight excluding hydrogens is 248 g/mol. The summed E-state index contributed by atoms with van der Waals surface area (Å²) in [5.74, 6) is 6.42. The summed E-state index contributed by atoms with van der Waals surface area (Å²) < 4.78 is 23.0. The summed E-state index contributed by atoms with van der Waals surface area (Å²) in [6.07, 6.45) is 5.97. The van der Waals surface area contributed by atoms with Gasteiger partial charge >= 0.3 is 0 Å². The molecule has 3 N–H and O–H groups in total. The molecule has 18 heavy (non-hydrogen) atoms. The summed E-state index contributed by atoms with van der Waals surface area (Å²) in [4.78, 5) is 0.353. The molecule has 0 heterocycles. The zero-order chi connectivity index (χ0) is 13.2. The van der Waals surface area contributed by atoms with Crippen molar-refractivity contribution < 1.29 is 8.42 Å². The van der Waals surface area contributed by atoms with E-state index < -0.39 is 9.84 Å². The van der Waals surface area contributed by atoms with E-state index in [4.69, 9.17) is 5.84 Å². The second-order valence-electron chi connectivity index (χ2n) is 5.08. The van der Waals surface area contributed by atoms with Gasteiger partial charge in [-0.1, -0.05) is 25.0 Å². The van der Waals surface area contributed by atoms with E-state index in [0.717, 1.165) is 24.3 Å². The minimum absolute atomic E-state index is 0.0345. The number of hydrogen-bond acceptors (Lipinski definition) is 4. The standard InChI is InChI=1S/C13H20N2O2S/c1-18(16,17)12-4-2-3-11(9-12)13(15-14)8-7-10-5-6-10/h2-4,9-10,13,15H,5-8,14H2,1H3. The van der Waals surface area contributed by atoms with Crippen LogP contribution in [0.3, 0.4) is 0 Å². The van der Waals surface area contributed by atoms with Crippen molar-refractivity contribution in [3.63, 3.8) is 0 Å². The summed E-state index contributed by atoms with van der Waals surface area (Å²) in [6, 6.07) is 7.06. The van der Waals surface area contributed by atoms with Crippen molar-refractivity contribution >= 4 is 9.84 Å². The van der Waals surface area contributed by atoms with E-state index in [1.54, 1.807) is 18.2 Å². The Balaban J connectivity index is 2.13. The van der Waals surface area contributed by atoms with Gasteiger partial charge in [0.05, 0.1) is 4.90 Å². The predicted octanol–water partition coefficient (Wildman–Crippen LogP) is 1.78. The molecule has 1 unspecified atom stereocenters. The van der Waals surface area contributed by atoms with Gasteiger partial charge in [0.15, 0.2) is 9.84 Å². The zero-order valence-corrected chi connectivity index (χ0v) is 11.4. The normalized spacial score (nSPS) is 17.7.